The van der Waals surface area contributed by atoms with E-state index >= 15 is 0 Å². The molecule has 1 N–H and O–H groups in total. The van der Waals surface area contributed by atoms with Gasteiger partial charge >= 0.3 is 0 Å². The molecule has 0 radical (unpaired) electrons. The molecule has 0 heterocycles. The van der Waals surface area contributed by atoms with Crippen LogP contribution in [0.15, 0.2) is 47.4 Å². The van der Waals surface area contributed by atoms with Crippen LogP contribution >= 0.6 is 0 Å². The summed E-state index contributed by atoms with van der Waals surface area (Å²) in [4.78, 5) is 12.6. The van der Waals surface area contributed by atoms with Gasteiger partial charge in [0.15, 0.2) is 0 Å². The first-order chi connectivity index (χ1) is 12.3. The molecule has 0 bridgehead atoms. The Morgan fingerprint density at radius 2 is 1.69 bits per heavy atom. The Kier molecular flexibility index (Phi) is 6.27. The largest absolute Gasteiger partial charge is 0.497 e. The number of nitrogens with zero attached hydrogens (tertiary/aromatic N) is 1. The third kappa shape index (κ3) is 4.55. The van der Waals surface area contributed by atoms with Gasteiger partial charge in [0, 0.05) is 20.0 Å². The van der Waals surface area contributed by atoms with Crippen LogP contribution < -0.4 is 14.4 Å². The molecule has 0 aliphatic carbocycles. The lowest BCUT2D eigenvalue weighted by Crippen LogP contribution is -2.38. The first-order valence-electron chi connectivity index (χ1n) is 7.62. The van der Waals surface area contributed by atoms with Gasteiger partial charge in [-0.15, -0.1) is 0 Å². The van der Waals surface area contributed by atoms with Crippen molar-refractivity contribution in [3.8, 4) is 5.75 Å². The lowest BCUT2D eigenvalue weighted by molar-refractivity contribution is -0.116. The van der Waals surface area contributed by atoms with Crippen LogP contribution in [0, 0.1) is 11.6 Å². The second-order valence-corrected chi connectivity index (χ2v) is 7.08. The molecule has 6 nitrogen and oxygen atoms in total. The molecule has 0 unspecified atom stereocenters. The smallest absolute Gasteiger partial charge is 0.240 e. The van der Waals surface area contributed by atoms with Gasteiger partial charge in [-0.25, -0.2) is 21.9 Å². The van der Waals surface area contributed by atoms with Crippen LogP contribution in [0.25, 0.3) is 0 Å². The van der Waals surface area contributed by atoms with Crippen LogP contribution in [-0.2, 0) is 14.8 Å². The number of benzene rings is 2. The van der Waals surface area contributed by atoms with E-state index in [-0.39, 0.29) is 18.0 Å². The van der Waals surface area contributed by atoms with Crippen molar-refractivity contribution in [3.63, 3.8) is 0 Å². The molecule has 0 aliphatic rings. The summed E-state index contributed by atoms with van der Waals surface area (Å²) in [7, 11) is -2.38. The Balaban J connectivity index is 2.11. The molecule has 0 saturated carbocycles. The van der Waals surface area contributed by atoms with Crippen molar-refractivity contribution < 1.29 is 26.7 Å². The number of anilines is 1. The fourth-order valence-electron chi connectivity index (χ4n) is 2.30. The highest BCUT2D eigenvalue weighted by atomic mass is 32.2. The highest BCUT2D eigenvalue weighted by Gasteiger charge is 2.21. The average Bonchev–Trinajstić information content (AvgIpc) is 2.60. The highest BCUT2D eigenvalue weighted by molar-refractivity contribution is 7.89. The first-order valence-corrected chi connectivity index (χ1v) is 9.10. The lowest BCUT2D eigenvalue weighted by Gasteiger charge is -2.22. The number of nitrogens with one attached hydrogen (secondary N) is 1. The fourth-order valence-corrected chi connectivity index (χ4v) is 3.32. The number of para-hydroxylation sites is 1. The van der Waals surface area contributed by atoms with Crippen LogP contribution in [-0.4, -0.2) is 34.5 Å². The molecule has 2 aromatic rings. The third-order valence-electron chi connectivity index (χ3n) is 3.58. The van der Waals surface area contributed by atoms with Crippen LogP contribution in [0.2, 0.25) is 0 Å². The van der Waals surface area contributed by atoms with Gasteiger partial charge in [0.05, 0.1) is 12.0 Å². The number of hydrogen-bond donors (Lipinski definition) is 1. The minimum absolute atomic E-state index is 0.00440. The Hall–Kier alpha value is -2.52. The molecule has 0 aromatic heterocycles. The monoisotopic (exact) mass is 384 g/mol. The van der Waals surface area contributed by atoms with E-state index in [1.165, 1.54) is 37.4 Å². The molecule has 140 valence electrons. The number of hydrogen-bond acceptors (Lipinski definition) is 4. The summed E-state index contributed by atoms with van der Waals surface area (Å²) in [6, 6.07) is 8.93. The summed E-state index contributed by atoms with van der Waals surface area (Å²) in [6.07, 6.45) is 0. The number of ether oxygens (including phenoxy) is 1. The number of methoxy groups -OCH3 is 1. The van der Waals surface area contributed by atoms with Gasteiger partial charge in [0.2, 0.25) is 15.9 Å². The number of carbonyl (C=O) groups is 1. The predicted octanol–water partition coefficient (Wildman–Crippen LogP) is 2.30. The Labute approximate surface area is 150 Å². The van der Waals surface area contributed by atoms with E-state index in [4.69, 9.17) is 4.74 Å². The highest BCUT2D eigenvalue weighted by Crippen LogP contribution is 2.23. The third-order valence-corrected chi connectivity index (χ3v) is 5.06. The van der Waals surface area contributed by atoms with Crippen molar-refractivity contribution in [1.82, 2.24) is 4.72 Å². The van der Waals surface area contributed by atoms with Gasteiger partial charge < -0.3 is 9.64 Å². The summed E-state index contributed by atoms with van der Waals surface area (Å²) in [5, 5.41) is 0. The number of halogens is 2. The summed E-state index contributed by atoms with van der Waals surface area (Å²) in [5.41, 5.74) is -0.511. The van der Waals surface area contributed by atoms with Crippen LogP contribution in [0.4, 0.5) is 14.5 Å². The minimum Gasteiger partial charge on any atom is -0.497 e. The molecule has 0 aliphatic heterocycles. The summed E-state index contributed by atoms with van der Waals surface area (Å²) in [5.74, 6) is -1.92. The molecule has 2 rings (SSSR count). The molecule has 0 saturated heterocycles. The molecular weight excluding hydrogens is 366 g/mol. The van der Waals surface area contributed by atoms with Crippen molar-refractivity contribution in [2.45, 2.75) is 11.8 Å². The maximum Gasteiger partial charge on any atom is 0.240 e. The maximum atomic E-state index is 13.9. The van der Waals surface area contributed by atoms with Crippen molar-refractivity contribution in [3.05, 3.63) is 54.1 Å². The van der Waals surface area contributed by atoms with Crippen LogP contribution in [0.1, 0.15) is 6.92 Å². The van der Waals surface area contributed by atoms with Gasteiger partial charge in [-0.05, 0) is 36.4 Å². The average molecular weight is 384 g/mol. The number of rotatable bonds is 7. The molecule has 0 fully saturated rings. The Bertz CT molecular complexity index is 866. The van der Waals surface area contributed by atoms with E-state index in [9.17, 15) is 22.0 Å². The van der Waals surface area contributed by atoms with Gasteiger partial charge in [-0.2, -0.15) is 0 Å². The molecular formula is C17H18F2N2O4S. The number of sulfonamides is 1. The summed E-state index contributed by atoms with van der Waals surface area (Å²) >= 11 is 0. The zero-order valence-corrected chi connectivity index (χ0v) is 15.0. The van der Waals surface area contributed by atoms with E-state index < -0.39 is 33.3 Å². The van der Waals surface area contributed by atoms with Crippen molar-refractivity contribution >= 4 is 21.6 Å². The normalized spacial score (nSPS) is 11.2. The fraction of sp³-hybridized carbons (Fsp3) is 0.235. The van der Waals surface area contributed by atoms with Gasteiger partial charge in [0.1, 0.15) is 23.1 Å². The Morgan fingerprint density at radius 3 is 2.19 bits per heavy atom. The molecule has 0 spiro atoms. The van der Waals surface area contributed by atoms with E-state index in [0.717, 1.165) is 24.0 Å². The van der Waals surface area contributed by atoms with Crippen molar-refractivity contribution in [1.29, 1.82) is 0 Å². The first kappa shape index (κ1) is 19.8. The van der Waals surface area contributed by atoms with E-state index in [0.29, 0.717) is 5.75 Å². The molecule has 1 amide bonds. The van der Waals surface area contributed by atoms with Gasteiger partial charge in [0.25, 0.3) is 0 Å². The zero-order valence-electron chi connectivity index (χ0n) is 14.2. The molecule has 9 heteroatoms. The standard InChI is InChI=1S/C17H18F2N2O4S/c1-12(22)21(17-15(18)4-3-5-16(17)19)11-10-20-26(23,24)14-8-6-13(25-2)7-9-14/h3-9,20H,10-11H2,1-2H3. The number of amides is 1. The van der Waals surface area contributed by atoms with E-state index in [1.54, 1.807) is 0 Å². The van der Waals surface area contributed by atoms with Gasteiger partial charge in [-0.1, -0.05) is 6.07 Å². The van der Waals surface area contributed by atoms with Crippen molar-refractivity contribution in [2.24, 2.45) is 0 Å². The van der Waals surface area contributed by atoms with Crippen LogP contribution in [0.5, 0.6) is 5.75 Å². The SMILES string of the molecule is COc1ccc(S(=O)(=O)NCCN(C(C)=O)c2c(F)cccc2F)cc1. The van der Waals surface area contributed by atoms with Gasteiger partial charge in [-0.3, -0.25) is 4.79 Å². The van der Waals surface area contributed by atoms with E-state index in [2.05, 4.69) is 4.72 Å². The van der Waals surface area contributed by atoms with E-state index in [1.807, 2.05) is 0 Å². The van der Waals surface area contributed by atoms with Crippen molar-refractivity contribution in [2.75, 3.05) is 25.1 Å². The summed E-state index contributed by atoms with van der Waals surface area (Å²) < 4.78 is 59.5. The minimum atomic E-state index is -3.84. The maximum absolute atomic E-state index is 13.9. The second-order valence-electron chi connectivity index (χ2n) is 5.31. The quantitative estimate of drug-likeness (QED) is 0.795. The molecule has 2 aromatic carbocycles. The van der Waals surface area contributed by atoms with Crippen LogP contribution in [0.3, 0.4) is 0 Å². The number of carbonyl (C=O) groups excluding carboxylic acids is 1. The lowest BCUT2D eigenvalue weighted by atomic mass is 10.2. The molecule has 0 atom stereocenters. The topological polar surface area (TPSA) is 75.7 Å². The summed E-state index contributed by atoms with van der Waals surface area (Å²) in [6.45, 7) is 0.689. The Morgan fingerprint density at radius 1 is 1.12 bits per heavy atom. The predicted molar refractivity (Wildman–Crippen MR) is 92.6 cm³/mol. The molecule has 26 heavy (non-hydrogen) atoms. The zero-order chi connectivity index (χ0) is 19.3. The second kappa shape index (κ2) is 8.24.